The minimum Gasteiger partial charge on any atom is -0.378 e. The average Bonchev–Trinajstić information content (AvgIpc) is 2.76. The highest BCUT2D eigenvalue weighted by Gasteiger charge is 2.23. The fourth-order valence-corrected chi connectivity index (χ4v) is 2.20. The van der Waals surface area contributed by atoms with Crippen LogP contribution in [0.2, 0.25) is 0 Å². The summed E-state index contributed by atoms with van der Waals surface area (Å²) in [7, 11) is 0. The van der Waals surface area contributed by atoms with Crippen LogP contribution in [0, 0.1) is 5.92 Å². The average molecular weight is 235 g/mol. The van der Waals surface area contributed by atoms with E-state index in [0.717, 1.165) is 25.4 Å². The molecule has 2 atom stereocenters. The quantitative estimate of drug-likeness (QED) is 0.801. The summed E-state index contributed by atoms with van der Waals surface area (Å²) in [5, 5.41) is 3.48. The molecular formula is C13H21N3O. The lowest BCUT2D eigenvalue weighted by molar-refractivity contribution is 0.105. The molecule has 94 valence electrons. The van der Waals surface area contributed by atoms with E-state index < -0.39 is 0 Å². The van der Waals surface area contributed by atoms with Crippen molar-refractivity contribution in [2.75, 3.05) is 13.2 Å². The van der Waals surface area contributed by atoms with E-state index in [1.807, 2.05) is 12.3 Å². The highest BCUT2D eigenvalue weighted by molar-refractivity contribution is 5.15. The lowest BCUT2D eigenvalue weighted by atomic mass is 10.0. The van der Waals surface area contributed by atoms with Crippen molar-refractivity contribution in [3.05, 3.63) is 29.6 Å². The summed E-state index contributed by atoms with van der Waals surface area (Å²) in [6.45, 7) is 5.44. The van der Waals surface area contributed by atoms with Crippen molar-refractivity contribution >= 4 is 0 Å². The van der Waals surface area contributed by atoms with Gasteiger partial charge in [0.1, 0.15) is 0 Å². The second kappa shape index (κ2) is 6.10. The first-order chi connectivity index (χ1) is 8.29. The van der Waals surface area contributed by atoms with E-state index in [4.69, 9.17) is 10.5 Å². The molecule has 4 heteroatoms. The van der Waals surface area contributed by atoms with Crippen molar-refractivity contribution < 1.29 is 4.74 Å². The third kappa shape index (κ3) is 3.49. The van der Waals surface area contributed by atoms with Crippen LogP contribution in [0.15, 0.2) is 18.3 Å². The van der Waals surface area contributed by atoms with E-state index in [1.54, 1.807) is 0 Å². The molecule has 2 heterocycles. The smallest absolute Gasteiger partial charge is 0.0588 e. The number of hydrogen-bond acceptors (Lipinski definition) is 4. The monoisotopic (exact) mass is 235 g/mol. The summed E-state index contributed by atoms with van der Waals surface area (Å²) in [4.78, 5) is 4.18. The molecule has 1 fully saturated rings. The number of nitrogens with zero attached hydrogens (tertiary/aromatic N) is 1. The zero-order chi connectivity index (χ0) is 12.1. The largest absolute Gasteiger partial charge is 0.378 e. The van der Waals surface area contributed by atoms with Crippen LogP contribution in [0.25, 0.3) is 0 Å². The molecule has 0 spiro atoms. The first-order valence-electron chi connectivity index (χ1n) is 6.26. The van der Waals surface area contributed by atoms with E-state index in [-0.39, 0.29) is 0 Å². The molecule has 4 nitrogen and oxygen atoms in total. The molecule has 1 saturated heterocycles. The van der Waals surface area contributed by atoms with Gasteiger partial charge in [-0.25, -0.2) is 0 Å². The van der Waals surface area contributed by atoms with Gasteiger partial charge in [-0.05, 0) is 37.0 Å². The van der Waals surface area contributed by atoms with E-state index in [2.05, 4.69) is 23.3 Å². The summed E-state index contributed by atoms with van der Waals surface area (Å²) in [6.07, 6.45) is 3.37. The van der Waals surface area contributed by atoms with Gasteiger partial charge in [0.2, 0.25) is 0 Å². The van der Waals surface area contributed by atoms with Crippen molar-refractivity contribution in [3.63, 3.8) is 0 Å². The van der Waals surface area contributed by atoms with Crippen LogP contribution < -0.4 is 11.1 Å². The van der Waals surface area contributed by atoms with Gasteiger partial charge in [0.25, 0.3) is 0 Å². The molecule has 1 aliphatic heterocycles. The molecule has 17 heavy (non-hydrogen) atoms. The molecule has 0 aliphatic carbocycles. The molecule has 1 aromatic heterocycles. The van der Waals surface area contributed by atoms with Crippen LogP contribution in [0.5, 0.6) is 0 Å². The van der Waals surface area contributed by atoms with Gasteiger partial charge in [-0.15, -0.1) is 0 Å². The second-order valence-electron chi connectivity index (χ2n) is 4.62. The first kappa shape index (κ1) is 12.5. The van der Waals surface area contributed by atoms with E-state index in [1.165, 1.54) is 12.0 Å². The Hall–Kier alpha value is -0.970. The van der Waals surface area contributed by atoms with E-state index in [9.17, 15) is 0 Å². The molecule has 1 aliphatic rings. The Morgan fingerprint density at radius 1 is 1.59 bits per heavy atom. The van der Waals surface area contributed by atoms with E-state index in [0.29, 0.717) is 18.6 Å². The number of hydrogen-bond donors (Lipinski definition) is 2. The van der Waals surface area contributed by atoms with Crippen LogP contribution in [0.4, 0.5) is 0 Å². The van der Waals surface area contributed by atoms with Crippen LogP contribution in [-0.2, 0) is 17.8 Å². The highest BCUT2D eigenvalue weighted by Crippen LogP contribution is 2.19. The van der Waals surface area contributed by atoms with Gasteiger partial charge in [-0.1, -0.05) is 0 Å². The van der Waals surface area contributed by atoms with Crippen LogP contribution in [0.3, 0.4) is 0 Å². The fraction of sp³-hybridized carbons (Fsp3) is 0.615. The molecule has 2 unspecified atom stereocenters. The third-order valence-electron chi connectivity index (χ3n) is 3.36. The SMILES string of the molecule is CC1OCCC1CNCc1ccnc(CN)c1. The zero-order valence-electron chi connectivity index (χ0n) is 10.4. The third-order valence-corrected chi connectivity index (χ3v) is 3.36. The van der Waals surface area contributed by atoms with Crippen LogP contribution >= 0.6 is 0 Å². The van der Waals surface area contributed by atoms with Gasteiger partial charge in [0, 0.05) is 32.4 Å². The zero-order valence-corrected chi connectivity index (χ0v) is 10.4. The molecule has 0 saturated carbocycles. The molecule has 2 rings (SSSR count). The molecule has 1 aromatic rings. The number of nitrogens with one attached hydrogen (secondary N) is 1. The lowest BCUT2D eigenvalue weighted by Gasteiger charge is -2.14. The predicted molar refractivity (Wildman–Crippen MR) is 67.4 cm³/mol. The molecule has 0 aromatic carbocycles. The van der Waals surface area contributed by atoms with Crippen molar-refractivity contribution in [3.8, 4) is 0 Å². The normalized spacial score (nSPS) is 24.1. The Morgan fingerprint density at radius 3 is 3.18 bits per heavy atom. The van der Waals surface area contributed by atoms with Gasteiger partial charge < -0.3 is 15.8 Å². The van der Waals surface area contributed by atoms with Gasteiger partial charge >= 0.3 is 0 Å². The number of rotatable bonds is 5. The van der Waals surface area contributed by atoms with Gasteiger partial charge in [-0.2, -0.15) is 0 Å². The summed E-state index contributed by atoms with van der Waals surface area (Å²) in [5.74, 6) is 0.644. The highest BCUT2D eigenvalue weighted by atomic mass is 16.5. The van der Waals surface area contributed by atoms with Crippen molar-refractivity contribution in [1.29, 1.82) is 0 Å². The summed E-state index contributed by atoms with van der Waals surface area (Å²) in [6, 6.07) is 4.09. The Balaban J connectivity index is 1.77. The lowest BCUT2D eigenvalue weighted by Crippen LogP contribution is -2.26. The first-order valence-corrected chi connectivity index (χ1v) is 6.26. The fourth-order valence-electron chi connectivity index (χ4n) is 2.20. The summed E-state index contributed by atoms with van der Waals surface area (Å²) < 4.78 is 5.54. The molecule has 3 N–H and O–H groups in total. The maximum Gasteiger partial charge on any atom is 0.0588 e. The van der Waals surface area contributed by atoms with Gasteiger partial charge in [0.05, 0.1) is 11.8 Å². The molecule has 0 bridgehead atoms. The molecule has 0 radical (unpaired) electrons. The Bertz CT molecular complexity index is 356. The topological polar surface area (TPSA) is 60.2 Å². The van der Waals surface area contributed by atoms with E-state index >= 15 is 0 Å². The minimum absolute atomic E-state index is 0.388. The summed E-state index contributed by atoms with van der Waals surface area (Å²) in [5.41, 5.74) is 7.75. The Kier molecular flexibility index (Phi) is 4.48. The Morgan fingerprint density at radius 2 is 2.47 bits per heavy atom. The van der Waals surface area contributed by atoms with Gasteiger partial charge in [-0.3, -0.25) is 4.98 Å². The molecule has 0 amide bonds. The van der Waals surface area contributed by atoms with Crippen LogP contribution in [0.1, 0.15) is 24.6 Å². The maximum atomic E-state index is 5.57. The number of ether oxygens (including phenoxy) is 1. The number of aromatic nitrogens is 1. The van der Waals surface area contributed by atoms with Crippen LogP contribution in [-0.4, -0.2) is 24.2 Å². The summed E-state index contributed by atoms with van der Waals surface area (Å²) >= 11 is 0. The molecular weight excluding hydrogens is 214 g/mol. The standard InChI is InChI=1S/C13H21N3O/c1-10-12(3-5-17-10)9-15-8-11-2-4-16-13(6-11)7-14/h2,4,6,10,12,15H,3,5,7-9,14H2,1H3. The maximum absolute atomic E-state index is 5.57. The van der Waals surface area contributed by atoms with Crippen molar-refractivity contribution in [2.45, 2.75) is 32.5 Å². The van der Waals surface area contributed by atoms with Crippen molar-refractivity contribution in [1.82, 2.24) is 10.3 Å². The number of pyridine rings is 1. The van der Waals surface area contributed by atoms with Gasteiger partial charge in [0.15, 0.2) is 0 Å². The number of nitrogens with two attached hydrogens (primary N) is 1. The predicted octanol–water partition coefficient (Wildman–Crippen LogP) is 1.05. The minimum atomic E-state index is 0.388. The Labute approximate surface area is 103 Å². The van der Waals surface area contributed by atoms with Crippen molar-refractivity contribution in [2.24, 2.45) is 11.7 Å². The second-order valence-corrected chi connectivity index (χ2v) is 4.62.